The summed E-state index contributed by atoms with van der Waals surface area (Å²) < 4.78 is 11.3. The van der Waals surface area contributed by atoms with Crippen molar-refractivity contribution in [3.05, 3.63) is 29.8 Å². The molecule has 2 saturated heterocycles. The van der Waals surface area contributed by atoms with Crippen molar-refractivity contribution in [1.82, 2.24) is 15.1 Å². The minimum Gasteiger partial charge on any atom is -0.494 e. The Labute approximate surface area is 174 Å². The number of amides is 1. The van der Waals surface area contributed by atoms with Crippen molar-refractivity contribution in [2.45, 2.75) is 39.2 Å². The number of nitrogens with one attached hydrogen (secondary N) is 1. The quantitative estimate of drug-likeness (QED) is 0.430. The lowest BCUT2D eigenvalue weighted by Crippen LogP contribution is -2.55. The topological polar surface area (TPSA) is 66.4 Å². The van der Waals surface area contributed by atoms with Gasteiger partial charge >= 0.3 is 0 Å². The molecule has 0 saturated carbocycles. The van der Waals surface area contributed by atoms with E-state index in [2.05, 4.69) is 36.2 Å². The van der Waals surface area contributed by atoms with Gasteiger partial charge in [-0.3, -0.25) is 9.79 Å². The molecule has 160 valence electrons. The number of benzene rings is 1. The smallest absolute Gasteiger partial charge is 0.251 e. The largest absolute Gasteiger partial charge is 0.494 e. The first kappa shape index (κ1) is 21.4. The molecule has 1 aromatic rings. The molecule has 2 aliphatic rings. The van der Waals surface area contributed by atoms with Gasteiger partial charge in [0.1, 0.15) is 11.9 Å². The first-order valence-corrected chi connectivity index (χ1v) is 10.8. The number of guanidine groups is 1. The van der Waals surface area contributed by atoms with E-state index < -0.39 is 0 Å². The van der Waals surface area contributed by atoms with E-state index in [4.69, 9.17) is 14.5 Å². The van der Waals surface area contributed by atoms with Crippen molar-refractivity contribution in [3.8, 4) is 5.75 Å². The van der Waals surface area contributed by atoms with Crippen LogP contribution in [0.3, 0.4) is 0 Å². The molecule has 2 heterocycles. The fourth-order valence-electron chi connectivity index (χ4n) is 3.61. The van der Waals surface area contributed by atoms with Crippen LogP contribution in [0.25, 0.3) is 0 Å². The molecule has 1 amide bonds. The first-order chi connectivity index (χ1) is 14.2. The van der Waals surface area contributed by atoms with E-state index in [1.165, 1.54) is 5.56 Å². The van der Waals surface area contributed by atoms with Crippen LogP contribution in [0.15, 0.2) is 29.3 Å². The van der Waals surface area contributed by atoms with Gasteiger partial charge < -0.3 is 24.6 Å². The van der Waals surface area contributed by atoms with E-state index in [9.17, 15) is 4.79 Å². The first-order valence-electron chi connectivity index (χ1n) is 10.8. The third kappa shape index (κ3) is 6.35. The molecule has 3 rings (SSSR count). The average Bonchev–Trinajstić information content (AvgIpc) is 3.29. The number of piperazine rings is 1. The fourth-order valence-corrected chi connectivity index (χ4v) is 3.61. The minimum absolute atomic E-state index is 0.150. The Kier molecular flexibility index (Phi) is 8.16. The van der Waals surface area contributed by atoms with E-state index in [1.807, 2.05) is 17.0 Å². The monoisotopic (exact) mass is 402 g/mol. The maximum Gasteiger partial charge on any atom is 0.251 e. The highest BCUT2D eigenvalue weighted by molar-refractivity contribution is 5.82. The van der Waals surface area contributed by atoms with Gasteiger partial charge in [0.05, 0.1) is 6.61 Å². The molecule has 2 fully saturated rings. The van der Waals surface area contributed by atoms with Crippen LogP contribution in [-0.2, 0) is 9.53 Å². The predicted molar refractivity (Wildman–Crippen MR) is 114 cm³/mol. The maximum atomic E-state index is 12.5. The van der Waals surface area contributed by atoms with Crippen LogP contribution in [0.2, 0.25) is 0 Å². The van der Waals surface area contributed by atoms with Crippen LogP contribution in [0.1, 0.15) is 31.7 Å². The number of ether oxygens (including phenoxy) is 2. The van der Waals surface area contributed by atoms with Crippen LogP contribution < -0.4 is 10.1 Å². The normalized spacial score (nSPS) is 20.1. The molecule has 1 atom stereocenters. The zero-order valence-electron chi connectivity index (χ0n) is 17.7. The number of carbonyl (C=O) groups excluding carboxylic acids is 1. The van der Waals surface area contributed by atoms with E-state index in [1.54, 1.807) is 0 Å². The summed E-state index contributed by atoms with van der Waals surface area (Å²) in [6, 6.07) is 8.11. The van der Waals surface area contributed by atoms with E-state index in [0.717, 1.165) is 63.7 Å². The van der Waals surface area contributed by atoms with Crippen molar-refractivity contribution in [1.29, 1.82) is 0 Å². The summed E-state index contributed by atoms with van der Waals surface area (Å²) in [5.74, 6) is 1.97. The molecule has 1 aromatic carbocycles. The molecule has 0 aromatic heterocycles. The third-order valence-electron chi connectivity index (χ3n) is 5.28. The Balaban J connectivity index is 1.41. The second-order valence-corrected chi connectivity index (χ2v) is 7.56. The van der Waals surface area contributed by atoms with Crippen molar-refractivity contribution < 1.29 is 14.3 Å². The molecular weight excluding hydrogens is 368 g/mol. The highest BCUT2D eigenvalue weighted by Crippen LogP contribution is 2.16. The van der Waals surface area contributed by atoms with Crippen molar-refractivity contribution in [2.75, 3.05) is 52.5 Å². The van der Waals surface area contributed by atoms with Crippen molar-refractivity contribution >= 4 is 11.9 Å². The second-order valence-electron chi connectivity index (χ2n) is 7.56. The van der Waals surface area contributed by atoms with Crippen molar-refractivity contribution in [2.24, 2.45) is 4.99 Å². The van der Waals surface area contributed by atoms with Gasteiger partial charge in [-0.25, -0.2) is 0 Å². The number of aliphatic imine (C=N–C) groups is 1. The summed E-state index contributed by atoms with van der Waals surface area (Å²) in [5, 5.41) is 3.37. The number of rotatable bonds is 7. The van der Waals surface area contributed by atoms with Gasteiger partial charge in [0.2, 0.25) is 0 Å². The van der Waals surface area contributed by atoms with Gasteiger partial charge in [0.15, 0.2) is 5.96 Å². The molecule has 1 unspecified atom stereocenters. The predicted octanol–water partition coefficient (Wildman–Crippen LogP) is 2.05. The standard InChI is InChI=1S/C22H34N4O3/c1-3-23-22(24-11-5-17-28-19-9-7-18(2)8-10-19)26-14-12-25(13-15-26)21(27)20-6-4-16-29-20/h7-10,20H,3-6,11-17H2,1-2H3,(H,23,24). The Morgan fingerprint density at radius 1 is 1.21 bits per heavy atom. The number of hydrogen-bond acceptors (Lipinski definition) is 4. The Hall–Kier alpha value is -2.28. The molecule has 0 aliphatic carbocycles. The molecule has 2 aliphatic heterocycles. The molecule has 0 bridgehead atoms. The summed E-state index contributed by atoms with van der Waals surface area (Å²) in [7, 11) is 0. The van der Waals surface area contributed by atoms with Crippen LogP contribution in [0.5, 0.6) is 5.75 Å². The van der Waals surface area contributed by atoms with Crippen LogP contribution in [-0.4, -0.2) is 80.3 Å². The van der Waals surface area contributed by atoms with E-state index in [-0.39, 0.29) is 12.0 Å². The molecule has 0 spiro atoms. The third-order valence-corrected chi connectivity index (χ3v) is 5.28. The summed E-state index contributed by atoms with van der Waals surface area (Å²) in [6.45, 7) is 10.1. The van der Waals surface area contributed by atoms with Crippen LogP contribution in [0.4, 0.5) is 0 Å². The second kappa shape index (κ2) is 11.0. The highest BCUT2D eigenvalue weighted by atomic mass is 16.5. The molecular formula is C22H34N4O3. The van der Waals surface area contributed by atoms with Gasteiger partial charge in [-0.1, -0.05) is 17.7 Å². The van der Waals surface area contributed by atoms with Gasteiger partial charge in [0, 0.05) is 52.3 Å². The lowest BCUT2D eigenvalue weighted by molar-refractivity contribution is -0.142. The Morgan fingerprint density at radius 2 is 1.93 bits per heavy atom. The van der Waals surface area contributed by atoms with Crippen molar-refractivity contribution in [3.63, 3.8) is 0 Å². The van der Waals surface area contributed by atoms with Crippen LogP contribution in [0, 0.1) is 6.92 Å². The number of carbonyl (C=O) groups is 1. The summed E-state index contributed by atoms with van der Waals surface area (Å²) in [6.07, 6.45) is 2.48. The van der Waals surface area contributed by atoms with Gasteiger partial charge in [0.25, 0.3) is 5.91 Å². The molecule has 29 heavy (non-hydrogen) atoms. The summed E-state index contributed by atoms with van der Waals surface area (Å²) in [4.78, 5) is 21.4. The zero-order chi connectivity index (χ0) is 20.5. The lowest BCUT2D eigenvalue weighted by atomic mass is 10.2. The summed E-state index contributed by atoms with van der Waals surface area (Å²) in [5.41, 5.74) is 1.23. The zero-order valence-corrected chi connectivity index (χ0v) is 17.7. The average molecular weight is 403 g/mol. The number of nitrogens with zero attached hydrogens (tertiary/aromatic N) is 3. The maximum absolute atomic E-state index is 12.5. The SMILES string of the molecule is CCNC(=NCCCOc1ccc(C)cc1)N1CCN(C(=O)C2CCCO2)CC1. The molecule has 1 N–H and O–H groups in total. The highest BCUT2D eigenvalue weighted by Gasteiger charge is 2.30. The number of hydrogen-bond donors (Lipinski definition) is 1. The lowest BCUT2D eigenvalue weighted by Gasteiger charge is -2.37. The molecule has 7 heteroatoms. The van der Waals surface area contributed by atoms with Gasteiger partial charge in [-0.2, -0.15) is 0 Å². The van der Waals surface area contributed by atoms with Gasteiger partial charge in [-0.05, 0) is 38.8 Å². The Bertz CT molecular complexity index is 663. The van der Waals surface area contributed by atoms with Gasteiger partial charge in [-0.15, -0.1) is 0 Å². The molecule has 7 nitrogen and oxygen atoms in total. The summed E-state index contributed by atoms with van der Waals surface area (Å²) >= 11 is 0. The Morgan fingerprint density at radius 3 is 2.59 bits per heavy atom. The molecule has 0 radical (unpaired) electrons. The van der Waals surface area contributed by atoms with E-state index >= 15 is 0 Å². The number of aryl methyl sites for hydroxylation is 1. The minimum atomic E-state index is -0.225. The van der Waals surface area contributed by atoms with E-state index in [0.29, 0.717) is 19.8 Å². The van der Waals surface area contributed by atoms with Crippen LogP contribution >= 0.6 is 0 Å². The fraction of sp³-hybridized carbons (Fsp3) is 0.636.